The lowest BCUT2D eigenvalue weighted by molar-refractivity contribution is 0.438. The van der Waals surface area contributed by atoms with Crippen molar-refractivity contribution in [1.82, 2.24) is 0 Å². The molecule has 0 aliphatic carbocycles. The van der Waals surface area contributed by atoms with Gasteiger partial charge in [-0.05, 0) is 48.8 Å². The minimum atomic E-state index is 0.335. The highest BCUT2D eigenvalue weighted by Crippen LogP contribution is 2.39. The van der Waals surface area contributed by atoms with Gasteiger partial charge in [0.15, 0.2) is 0 Å². The van der Waals surface area contributed by atoms with Crippen molar-refractivity contribution >= 4 is 11.8 Å². The molecule has 1 heteroatoms. The number of rotatable bonds is 7. The fourth-order valence-corrected chi connectivity index (χ4v) is 3.39. The first-order valence-corrected chi connectivity index (χ1v) is 10.5. The van der Waals surface area contributed by atoms with Crippen LogP contribution in [0, 0.1) is 0 Å². The summed E-state index contributed by atoms with van der Waals surface area (Å²) in [6.45, 7) is 21.9. The first kappa shape index (κ1) is 24.8. The molecule has 0 N–H and O–H groups in total. The van der Waals surface area contributed by atoms with Crippen molar-refractivity contribution in [3.8, 4) is 0 Å². The van der Waals surface area contributed by atoms with Gasteiger partial charge in [-0.1, -0.05) is 81.4 Å². The van der Waals surface area contributed by atoms with Gasteiger partial charge in [0.25, 0.3) is 0 Å². The number of hydrogen-bond donors (Lipinski definition) is 0. The van der Waals surface area contributed by atoms with E-state index in [-0.39, 0.29) is 0 Å². The largest absolute Gasteiger partial charge is 0.120 e. The van der Waals surface area contributed by atoms with Crippen LogP contribution in [0.1, 0.15) is 100 Å². The zero-order valence-electron chi connectivity index (χ0n) is 17.5. The maximum Gasteiger partial charge on any atom is 0.0173 e. The van der Waals surface area contributed by atoms with Crippen LogP contribution in [0.5, 0.6) is 0 Å². The van der Waals surface area contributed by atoms with Gasteiger partial charge < -0.3 is 0 Å². The molecule has 0 saturated carbocycles. The minimum Gasteiger partial charge on any atom is -0.120 e. The molecule has 0 unspecified atom stereocenters. The Morgan fingerprint density at radius 2 is 1.09 bits per heavy atom. The van der Waals surface area contributed by atoms with Crippen molar-refractivity contribution < 1.29 is 0 Å². The second kappa shape index (κ2) is 12.9. The smallest absolute Gasteiger partial charge is 0.0173 e. The van der Waals surface area contributed by atoms with Crippen molar-refractivity contribution in [2.24, 2.45) is 0 Å². The molecule has 136 valence electrons. The molecular weight excluding hydrogens is 296 g/mol. The van der Waals surface area contributed by atoms with E-state index < -0.39 is 0 Å². The average molecular weight is 339 g/mol. The van der Waals surface area contributed by atoms with Crippen LogP contribution in [0.25, 0.3) is 0 Å². The molecule has 0 amide bonds. The van der Waals surface area contributed by atoms with Gasteiger partial charge in [0.2, 0.25) is 0 Å². The summed E-state index contributed by atoms with van der Waals surface area (Å²) in [5.41, 5.74) is 1.82. The summed E-state index contributed by atoms with van der Waals surface area (Å²) in [6, 6.07) is 9.29. The molecular formula is C22H42S. The Hall–Kier alpha value is -0.430. The lowest BCUT2D eigenvalue weighted by Gasteiger charge is -2.29. The summed E-state index contributed by atoms with van der Waals surface area (Å²) in [5.74, 6) is 0. The summed E-state index contributed by atoms with van der Waals surface area (Å²) in [6.07, 6.45) is 4.85. The Kier molecular flexibility index (Phi) is 13.9. The van der Waals surface area contributed by atoms with Crippen molar-refractivity contribution in [2.75, 3.05) is 0 Å². The van der Waals surface area contributed by atoms with Crippen molar-refractivity contribution in [3.05, 3.63) is 29.8 Å². The van der Waals surface area contributed by atoms with Crippen LogP contribution in [0.2, 0.25) is 0 Å². The number of thioether (sulfide) groups is 1. The Bertz CT molecular complexity index is 369. The van der Waals surface area contributed by atoms with Gasteiger partial charge >= 0.3 is 0 Å². The molecule has 0 aliphatic heterocycles. The Morgan fingerprint density at radius 3 is 1.39 bits per heavy atom. The summed E-state index contributed by atoms with van der Waals surface area (Å²) >= 11 is 2.03. The molecule has 0 aliphatic rings. The number of hydrogen-bond acceptors (Lipinski definition) is 1. The van der Waals surface area contributed by atoms with E-state index in [0.29, 0.717) is 10.2 Å². The van der Waals surface area contributed by atoms with Crippen molar-refractivity contribution in [1.29, 1.82) is 0 Å². The van der Waals surface area contributed by atoms with Gasteiger partial charge in [0.1, 0.15) is 0 Å². The molecule has 0 radical (unpaired) electrons. The van der Waals surface area contributed by atoms with Gasteiger partial charge in [-0.2, -0.15) is 0 Å². The van der Waals surface area contributed by atoms with Crippen LogP contribution in [0.4, 0.5) is 0 Å². The topological polar surface area (TPSA) is 0 Å². The normalized spacial score (nSPS) is 11.0. The van der Waals surface area contributed by atoms with E-state index >= 15 is 0 Å². The molecule has 0 fully saturated rings. The second-order valence-electron chi connectivity index (χ2n) is 6.05. The molecule has 1 rings (SSSR count). The lowest BCUT2D eigenvalue weighted by Crippen LogP contribution is -2.19. The molecule has 0 saturated heterocycles. The molecule has 0 nitrogen and oxygen atoms in total. The molecule has 1 aromatic carbocycles. The quantitative estimate of drug-likeness (QED) is 0.449. The van der Waals surface area contributed by atoms with E-state index in [1.54, 1.807) is 0 Å². The maximum absolute atomic E-state index is 2.37. The third kappa shape index (κ3) is 7.79. The third-order valence-corrected chi connectivity index (χ3v) is 6.55. The fourth-order valence-electron chi connectivity index (χ4n) is 2.26. The van der Waals surface area contributed by atoms with Gasteiger partial charge in [0, 0.05) is 9.64 Å². The first-order chi connectivity index (χ1) is 10.9. The van der Waals surface area contributed by atoms with Crippen molar-refractivity contribution in [2.45, 2.75) is 110 Å². The molecule has 1 aromatic rings. The highest BCUT2D eigenvalue weighted by molar-refractivity contribution is 8.00. The Balaban J connectivity index is 0. The van der Waals surface area contributed by atoms with Gasteiger partial charge in [-0.25, -0.2) is 0 Å². The van der Waals surface area contributed by atoms with Crippen LogP contribution in [0.3, 0.4) is 0 Å². The fraction of sp³-hybridized carbons (Fsp3) is 0.727. The van der Waals surface area contributed by atoms with Gasteiger partial charge in [-0.15, -0.1) is 11.8 Å². The van der Waals surface area contributed by atoms with E-state index in [2.05, 4.69) is 65.8 Å². The van der Waals surface area contributed by atoms with Crippen LogP contribution < -0.4 is 0 Å². The lowest BCUT2D eigenvalue weighted by atomic mass is 9.78. The average Bonchev–Trinajstić information content (AvgIpc) is 2.64. The van der Waals surface area contributed by atoms with E-state index in [9.17, 15) is 0 Å². The summed E-state index contributed by atoms with van der Waals surface area (Å²) < 4.78 is 0.375. The zero-order valence-corrected chi connectivity index (χ0v) is 18.4. The van der Waals surface area contributed by atoms with Gasteiger partial charge in [0.05, 0.1) is 0 Å². The summed E-state index contributed by atoms with van der Waals surface area (Å²) in [5, 5.41) is 0. The van der Waals surface area contributed by atoms with E-state index in [4.69, 9.17) is 0 Å². The van der Waals surface area contributed by atoms with E-state index in [1.807, 2.05) is 39.5 Å². The minimum absolute atomic E-state index is 0.335. The van der Waals surface area contributed by atoms with Crippen LogP contribution in [0.15, 0.2) is 29.2 Å². The SMILES string of the molecule is CC.CC.CCC(C)(CC)Sc1ccc(C(C)(CC)CC)cc1. The number of benzene rings is 1. The van der Waals surface area contributed by atoms with E-state index in [1.165, 1.54) is 36.1 Å². The molecule has 0 spiro atoms. The molecule has 0 bridgehead atoms. The summed E-state index contributed by atoms with van der Waals surface area (Å²) in [7, 11) is 0. The van der Waals surface area contributed by atoms with Crippen LogP contribution in [-0.2, 0) is 5.41 Å². The monoisotopic (exact) mass is 338 g/mol. The zero-order chi connectivity index (χ0) is 18.5. The predicted octanol–water partition coefficient (Wildman–Crippen LogP) is 8.49. The van der Waals surface area contributed by atoms with Crippen LogP contribution in [-0.4, -0.2) is 4.75 Å². The second-order valence-corrected chi connectivity index (χ2v) is 7.71. The highest BCUT2D eigenvalue weighted by Gasteiger charge is 2.23. The molecule has 0 atom stereocenters. The third-order valence-electron chi connectivity index (χ3n) is 4.97. The molecule has 0 aromatic heterocycles. The van der Waals surface area contributed by atoms with Crippen LogP contribution >= 0.6 is 11.8 Å². The first-order valence-electron chi connectivity index (χ1n) is 9.72. The predicted molar refractivity (Wildman–Crippen MR) is 112 cm³/mol. The Morgan fingerprint density at radius 1 is 0.696 bits per heavy atom. The van der Waals surface area contributed by atoms with Crippen molar-refractivity contribution in [3.63, 3.8) is 0 Å². The van der Waals surface area contributed by atoms with Gasteiger partial charge in [-0.3, -0.25) is 0 Å². The standard InChI is InChI=1S/C18H30S.2C2H6/c1-7-17(5,8-2)15-11-13-16(14-12-15)19-18(6,9-3)10-4;2*1-2/h11-14H,7-10H2,1-6H3;2*1-2H3. The Labute approximate surface area is 151 Å². The maximum atomic E-state index is 2.37. The summed E-state index contributed by atoms with van der Waals surface area (Å²) in [4.78, 5) is 1.41. The molecule has 0 heterocycles. The molecule has 23 heavy (non-hydrogen) atoms. The highest BCUT2D eigenvalue weighted by atomic mass is 32.2. The van der Waals surface area contributed by atoms with E-state index in [0.717, 1.165) is 0 Å².